The Balaban J connectivity index is 1.75. The summed E-state index contributed by atoms with van der Waals surface area (Å²) in [6.07, 6.45) is 2.78. The summed E-state index contributed by atoms with van der Waals surface area (Å²) in [5.74, 6) is 0.860. The lowest BCUT2D eigenvalue weighted by Crippen LogP contribution is -2.12. The molecule has 0 unspecified atom stereocenters. The maximum Gasteiger partial charge on any atom is 0.138 e. The molecule has 1 aliphatic rings. The third-order valence-corrected chi connectivity index (χ3v) is 4.16. The molecule has 0 amide bonds. The average molecular weight is 349 g/mol. The van der Waals surface area contributed by atoms with E-state index in [0.717, 1.165) is 40.2 Å². The highest BCUT2D eigenvalue weighted by Gasteiger charge is 2.12. The maximum absolute atomic E-state index is 5.47. The van der Waals surface area contributed by atoms with Crippen molar-refractivity contribution in [2.75, 3.05) is 19.0 Å². The van der Waals surface area contributed by atoms with E-state index in [0.29, 0.717) is 13.2 Å². The molecule has 3 rings (SSSR count). The van der Waals surface area contributed by atoms with Crippen molar-refractivity contribution >= 4 is 21.6 Å². The van der Waals surface area contributed by atoms with E-state index >= 15 is 0 Å². The van der Waals surface area contributed by atoms with E-state index in [1.54, 1.807) is 7.11 Å². The highest BCUT2D eigenvalue weighted by Crippen LogP contribution is 2.29. The second kappa shape index (κ2) is 6.45. The first-order valence-electron chi connectivity index (χ1n) is 6.88. The molecule has 0 atom stereocenters. The summed E-state index contributed by atoms with van der Waals surface area (Å²) in [5.41, 5.74) is 4.42. The molecule has 0 spiro atoms. The Morgan fingerprint density at radius 2 is 2.33 bits per heavy atom. The van der Waals surface area contributed by atoms with Crippen LogP contribution in [0.25, 0.3) is 0 Å². The fourth-order valence-corrected chi connectivity index (χ4v) is 3.02. The maximum atomic E-state index is 5.47. The predicted molar refractivity (Wildman–Crippen MR) is 85.6 cm³/mol. The summed E-state index contributed by atoms with van der Waals surface area (Å²) < 4.78 is 11.9. The third kappa shape index (κ3) is 3.19. The number of benzene rings is 1. The topological polar surface area (TPSA) is 43.4 Å². The van der Waals surface area contributed by atoms with Gasteiger partial charge in [0.05, 0.1) is 36.7 Å². The number of hydrogen-bond donors (Lipinski definition) is 1. The molecule has 1 aromatic heterocycles. The number of anilines is 1. The van der Waals surface area contributed by atoms with Crippen LogP contribution in [0.5, 0.6) is 5.75 Å². The molecule has 5 heteroatoms. The van der Waals surface area contributed by atoms with Crippen LogP contribution >= 0.6 is 15.9 Å². The van der Waals surface area contributed by atoms with Gasteiger partial charge in [-0.05, 0) is 28.1 Å². The first-order valence-corrected chi connectivity index (χ1v) is 7.68. The summed E-state index contributed by atoms with van der Waals surface area (Å²) >= 11 is 3.50. The zero-order chi connectivity index (χ0) is 14.7. The molecule has 21 heavy (non-hydrogen) atoms. The second-order valence-electron chi connectivity index (χ2n) is 4.92. The molecule has 2 aromatic rings. The lowest BCUT2D eigenvalue weighted by atomic mass is 10.1. The van der Waals surface area contributed by atoms with Crippen molar-refractivity contribution in [3.63, 3.8) is 0 Å². The van der Waals surface area contributed by atoms with E-state index in [9.17, 15) is 0 Å². The number of rotatable bonds is 4. The van der Waals surface area contributed by atoms with Crippen LogP contribution in [0.4, 0.5) is 5.69 Å². The van der Waals surface area contributed by atoms with E-state index < -0.39 is 0 Å². The zero-order valence-corrected chi connectivity index (χ0v) is 13.4. The summed E-state index contributed by atoms with van der Waals surface area (Å²) in [4.78, 5) is 4.51. The van der Waals surface area contributed by atoms with Crippen LogP contribution in [0.15, 0.2) is 34.9 Å². The predicted octanol–water partition coefficient (Wildman–Crippen LogP) is 3.54. The van der Waals surface area contributed by atoms with Gasteiger partial charge in [-0.1, -0.05) is 12.1 Å². The minimum Gasteiger partial charge on any atom is -0.495 e. The SMILES string of the molecule is COc1c(Br)cccc1CNc1cnc2c(c1)COCC2. The lowest BCUT2D eigenvalue weighted by Gasteiger charge is -2.17. The number of para-hydroxylation sites is 1. The molecule has 110 valence electrons. The second-order valence-corrected chi connectivity index (χ2v) is 5.77. The molecule has 4 nitrogen and oxygen atoms in total. The summed E-state index contributed by atoms with van der Waals surface area (Å²) in [6.45, 7) is 2.10. The standard InChI is InChI=1S/C16H17BrN2O2/c1-20-16-11(3-2-4-14(16)17)8-18-13-7-12-10-21-6-5-15(12)19-9-13/h2-4,7,9,18H,5-6,8,10H2,1H3. The van der Waals surface area contributed by atoms with Crippen LogP contribution < -0.4 is 10.1 Å². The van der Waals surface area contributed by atoms with Gasteiger partial charge in [0.25, 0.3) is 0 Å². The van der Waals surface area contributed by atoms with Gasteiger partial charge in [0, 0.05) is 29.8 Å². The molecule has 0 bridgehead atoms. The molecule has 0 fully saturated rings. The first kappa shape index (κ1) is 14.4. The van der Waals surface area contributed by atoms with Gasteiger partial charge in [-0.3, -0.25) is 4.98 Å². The van der Waals surface area contributed by atoms with E-state index in [1.807, 2.05) is 24.4 Å². The Morgan fingerprint density at radius 1 is 1.43 bits per heavy atom. The van der Waals surface area contributed by atoms with E-state index in [1.165, 1.54) is 5.56 Å². The van der Waals surface area contributed by atoms with Crippen molar-refractivity contribution in [2.45, 2.75) is 19.6 Å². The monoisotopic (exact) mass is 348 g/mol. The van der Waals surface area contributed by atoms with Gasteiger partial charge in [0.2, 0.25) is 0 Å². The lowest BCUT2D eigenvalue weighted by molar-refractivity contribution is 0.109. The van der Waals surface area contributed by atoms with E-state index in [-0.39, 0.29) is 0 Å². The van der Waals surface area contributed by atoms with E-state index in [4.69, 9.17) is 9.47 Å². The van der Waals surface area contributed by atoms with Gasteiger partial charge >= 0.3 is 0 Å². The normalized spacial score (nSPS) is 13.6. The van der Waals surface area contributed by atoms with Gasteiger partial charge in [0.1, 0.15) is 5.75 Å². The number of methoxy groups -OCH3 is 1. The zero-order valence-electron chi connectivity index (χ0n) is 11.9. The number of aromatic nitrogens is 1. The van der Waals surface area contributed by atoms with Crippen LogP contribution in [0.1, 0.15) is 16.8 Å². The van der Waals surface area contributed by atoms with Gasteiger partial charge in [-0.25, -0.2) is 0 Å². The smallest absolute Gasteiger partial charge is 0.138 e. The molecular formula is C16H17BrN2O2. The van der Waals surface area contributed by atoms with Gasteiger partial charge in [0.15, 0.2) is 0 Å². The summed E-state index contributed by atoms with van der Waals surface area (Å²) in [5, 5.41) is 3.39. The molecule has 1 aromatic carbocycles. The van der Waals surface area contributed by atoms with Crippen molar-refractivity contribution in [1.82, 2.24) is 4.98 Å². The Morgan fingerprint density at radius 3 is 3.19 bits per heavy atom. The van der Waals surface area contributed by atoms with Crippen molar-refractivity contribution in [2.24, 2.45) is 0 Å². The fraction of sp³-hybridized carbons (Fsp3) is 0.312. The Kier molecular flexibility index (Phi) is 4.41. The van der Waals surface area contributed by atoms with Crippen molar-refractivity contribution in [1.29, 1.82) is 0 Å². The molecule has 0 radical (unpaired) electrons. The van der Waals surface area contributed by atoms with Crippen LogP contribution in [-0.2, 0) is 24.3 Å². The molecule has 0 saturated heterocycles. The molecular weight excluding hydrogens is 332 g/mol. The van der Waals surface area contributed by atoms with E-state index in [2.05, 4.69) is 32.3 Å². The Labute approximate surface area is 132 Å². The van der Waals surface area contributed by atoms with Crippen LogP contribution in [0.3, 0.4) is 0 Å². The number of pyridine rings is 1. The number of ether oxygens (including phenoxy) is 2. The number of halogens is 1. The summed E-state index contributed by atoms with van der Waals surface area (Å²) in [7, 11) is 1.68. The van der Waals surface area contributed by atoms with Crippen molar-refractivity contribution < 1.29 is 9.47 Å². The quantitative estimate of drug-likeness (QED) is 0.917. The number of hydrogen-bond acceptors (Lipinski definition) is 4. The fourth-order valence-electron chi connectivity index (χ4n) is 2.45. The molecule has 0 saturated carbocycles. The average Bonchev–Trinajstić information content (AvgIpc) is 2.52. The molecule has 1 N–H and O–H groups in total. The van der Waals surface area contributed by atoms with Crippen LogP contribution in [0, 0.1) is 0 Å². The molecule has 2 heterocycles. The third-order valence-electron chi connectivity index (χ3n) is 3.54. The van der Waals surface area contributed by atoms with Gasteiger partial charge < -0.3 is 14.8 Å². The van der Waals surface area contributed by atoms with Gasteiger partial charge in [-0.2, -0.15) is 0 Å². The van der Waals surface area contributed by atoms with Crippen molar-refractivity contribution in [3.05, 3.63) is 51.8 Å². The minimum absolute atomic E-state index is 0.651. The Hall–Kier alpha value is -1.59. The molecule has 0 aliphatic carbocycles. The number of nitrogens with zero attached hydrogens (tertiary/aromatic N) is 1. The Bertz CT molecular complexity index is 646. The minimum atomic E-state index is 0.651. The largest absolute Gasteiger partial charge is 0.495 e. The number of nitrogens with one attached hydrogen (secondary N) is 1. The number of fused-ring (bicyclic) bond motifs is 1. The molecule has 1 aliphatic heterocycles. The highest BCUT2D eigenvalue weighted by molar-refractivity contribution is 9.10. The highest BCUT2D eigenvalue weighted by atomic mass is 79.9. The van der Waals surface area contributed by atoms with Gasteiger partial charge in [-0.15, -0.1) is 0 Å². The first-order chi connectivity index (χ1) is 10.3. The van der Waals surface area contributed by atoms with Crippen LogP contribution in [0.2, 0.25) is 0 Å². The van der Waals surface area contributed by atoms with Crippen LogP contribution in [-0.4, -0.2) is 18.7 Å². The summed E-state index contributed by atoms with van der Waals surface area (Å²) in [6, 6.07) is 8.14. The van der Waals surface area contributed by atoms with Crippen molar-refractivity contribution in [3.8, 4) is 5.75 Å².